The van der Waals surface area contributed by atoms with Gasteiger partial charge >= 0.3 is 6.09 Å². The first-order valence-electron chi connectivity index (χ1n) is 7.81. The predicted molar refractivity (Wildman–Crippen MR) is 88.6 cm³/mol. The number of piperidine rings is 1. The van der Waals surface area contributed by atoms with Gasteiger partial charge in [0.2, 0.25) is 0 Å². The van der Waals surface area contributed by atoms with Gasteiger partial charge in [-0.15, -0.1) is 0 Å². The topological polar surface area (TPSA) is 60.2 Å². The number of halogens is 1. The Bertz CT molecular complexity index is 714. The molecule has 0 spiro atoms. The molecule has 6 nitrogen and oxygen atoms in total. The number of likely N-dealkylation sites (tertiary alicyclic amines) is 1. The summed E-state index contributed by atoms with van der Waals surface area (Å²) in [4.78, 5) is 18.0. The van der Waals surface area contributed by atoms with Crippen LogP contribution in [0.3, 0.4) is 0 Å². The average Bonchev–Trinajstić information content (AvgIpc) is 2.91. The van der Waals surface area contributed by atoms with Crippen molar-refractivity contribution in [3.05, 3.63) is 23.6 Å². The molecule has 0 bridgehead atoms. The summed E-state index contributed by atoms with van der Waals surface area (Å²) < 4.78 is 7.42. The lowest BCUT2D eigenvalue weighted by atomic mass is 10.1. The lowest BCUT2D eigenvalue weighted by Gasteiger charge is -2.33. The number of fused-ring (bicyclic) bond motifs is 1. The zero-order valence-electron chi connectivity index (χ0n) is 13.6. The van der Waals surface area contributed by atoms with E-state index in [9.17, 15) is 4.79 Å². The van der Waals surface area contributed by atoms with Gasteiger partial charge in [0.15, 0.2) is 0 Å². The highest BCUT2D eigenvalue weighted by Crippen LogP contribution is 2.28. The molecule has 0 N–H and O–H groups in total. The lowest BCUT2D eigenvalue weighted by Crippen LogP contribution is -2.42. The van der Waals surface area contributed by atoms with E-state index in [2.05, 4.69) is 10.1 Å². The number of pyridine rings is 1. The number of carbonyl (C=O) groups excluding carboxylic acids is 1. The third kappa shape index (κ3) is 3.42. The van der Waals surface area contributed by atoms with Crippen molar-refractivity contribution in [3.8, 4) is 0 Å². The van der Waals surface area contributed by atoms with Crippen LogP contribution >= 0.6 is 11.6 Å². The van der Waals surface area contributed by atoms with Gasteiger partial charge in [-0.2, -0.15) is 5.10 Å². The van der Waals surface area contributed by atoms with Crippen LogP contribution in [-0.4, -0.2) is 44.4 Å². The van der Waals surface area contributed by atoms with Crippen molar-refractivity contribution in [2.24, 2.45) is 0 Å². The Hall–Kier alpha value is -1.82. The van der Waals surface area contributed by atoms with E-state index in [-0.39, 0.29) is 12.1 Å². The van der Waals surface area contributed by atoms with Crippen LogP contribution in [0.2, 0.25) is 5.15 Å². The fourth-order valence-corrected chi connectivity index (χ4v) is 3.05. The fraction of sp³-hybridized carbons (Fsp3) is 0.562. The van der Waals surface area contributed by atoms with Crippen LogP contribution in [0.1, 0.15) is 39.7 Å². The summed E-state index contributed by atoms with van der Waals surface area (Å²) in [5.41, 5.74) is 0.524. The van der Waals surface area contributed by atoms with Gasteiger partial charge in [-0.3, -0.25) is 4.68 Å². The van der Waals surface area contributed by atoms with Crippen LogP contribution in [0, 0.1) is 0 Å². The maximum Gasteiger partial charge on any atom is 0.410 e. The predicted octanol–water partition coefficient (Wildman–Crippen LogP) is 3.66. The molecule has 1 aliphatic heterocycles. The monoisotopic (exact) mass is 336 g/mol. The molecule has 3 rings (SSSR count). The summed E-state index contributed by atoms with van der Waals surface area (Å²) in [7, 11) is 0. The molecule has 3 heterocycles. The Morgan fingerprint density at radius 1 is 1.35 bits per heavy atom. The van der Waals surface area contributed by atoms with E-state index in [0.29, 0.717) is 18.2 Å². The second-order valence-corrected chi connectivity index (χ2v) is 7.18. The summed E-state index contributed by atoms with van der Waals surface area (Å²) in [6.45, 7) is 6.97. The Morgan fingerprint density at radius 2 is 2.04 bits per heavy atom. The van der Waals surface area contributed by atoms with E-state index < -0.39 is 5.60 Å². The van der Waals surface area contributed by atoms with Crippen LogP contribution in [0.4, 0.5) is 4.79 Å². The minimum absolute atomic E-state index is 0.242. The Morgan fingerprint density at radius 3 is 2.70 bits per heavy atom. The summed E-state index contributed by atoms with van der Waals surface area (Å²) >= 11 is 6.10. The quantitative estimate of drug-likeness (QED) is 0.746. The molecule has 2 aromatic rings. The first kappa shape index (κ1) is 16.1. The number of hydrogen-bond acceptors (Lipinski definition) is 4. The first-order chi connectivity index (χ1) is 10.8. The molecule has 0 aliphatic carbocycles. The van der Waals surface area contributed by atoms with Gasteiger partial charge in [-0.1, -0.05) is 11.6 Å². The van der Waals surface area contributed by atoms with Gasteiger partial charge in [-0.25, -0.2) is 9.78 Å². The fourth-order valence-electron chi connectivity index (χ4n) is 2.85. The SMILES string of the molecule is CC(C)(C)OC(=O)N1CCC(n2ncc3c(Cl)nccc32)CC1. The van der Waals surface area contributed by atoms with Crippen molar-refractivity contribution in [1.29, 1.82) is 0 Å². The number of carbonyl (C=O) groups is 1. The maximum absolute atomic E-state index is 12.1. The zero-order chi connectivity index (χ0) is 16.6. The number of aromatic nitrogens is 3. The first-order valence-corrected chi connectivity index (χ1v) is 8.18. The number of nitrogens with zero attached hydrogens (tertiary/aromatic N) is 4. The standard InChI is InChI=1S/C16H21ClN4O2/c1-16(2,3)23-15(22)20-8-5-11(6-9-20)21-13-4-7-18-14(17)12(13)10-19-21/h4,7,10-11H,5-6,8-9H2,1-3H3. The van der Waals surface area contributed by atoms with Gasteiger partial charge in [-0.05, 0) is 39.7 Å². The molecule has 0 atom stereocenters. The number of ether oxygens (including phenoxy) is 1. The molecular weight excluding hydrogens is 316 g/mol. The smallest absolute Gasteiger partial charge is 0.410 e. The summed E-state index contributed by atoms with van der Waals surface area (Å²) in [5, 5.41) is 5.80. The Kier molecular flexibility index (Phi) is 4.19. The average molecular weight is 337 g/mol. The second kappa shape index (κ2) is 6.00. The summed E-state index contributed by atoms with van der Waals surface area (Å²) in [6.07, 6.45) is 4.89. The molecule has 0 radical (unpaired) electrons. The molecule has 2 aromatic heterocycles. The van der Waals surface area contributed by atoms with Gasteiger partial charge in [0.1, 0.15) is 10.8 Å². The summed E-state index contributed by atoms with van der Waals surface area (Å²) in [6, 6.07) is 2.18. The third-order valence-electron chi connectivity index (χ3n) is 3.94. The molecule has 0 aromatic carbocycles. The van der Waals surface area contributed by atoms with Crippen molar-refractivity contribution in [2.75, 3.05) is 13.1 Å². The largest absolute Gasteiger partial charge is 0.444 e. The molecule has 1 amide bonds. The Balaban J connectivity index is 1.69. The zero-order valence-corrected chi connectivity index (χ0v) is 14.4. The Labute approximate surface area is 140 Å². The van der Waals surface area contributed by atoms with Crippen LogP contribution < -0.4 is 0 Å². The van der Waals surface area contributed by atoms with E-state index in [0.717, 1.165) is 23.7 Å². The highest BCUT2D eigenvalue weighted by Gasteiger charge is 2.28. The van der Waals surface area contributed by atoms with Crippen molar-refractivity contribution in [1.82, 2.24) is 19.7 Å². The van der Waals surface area contributed by atoms with E-state index in [1.165, 1.54) is 0 Å². The van der Waals surface area contributed by atoms with Crippen LogP contribution in [0.5, 0.6) is 0 Å². The molecule has 1 aliphatic rings. The minimum Gasteiger partial charge on any atom is -0.444 e. The van der Waals surface area contributed by atoms with Gasteiger partial charge in [0, 0.05) is 19.3 Å². The van der Waals surface area contributed by atoms with Crippen LogP contribution in [0.15, 0.2) is 18.5 Å². The number of rotatable bonds is 1. The van der Waals surface area contributed by atoms with Gasteiger partial charge < -0.3 is 9.64 Å². The molecule has 0 saturated carbocycles. The van der Waals surface area contributed by atoms with Crippen LogP contribution in [-0.2, 0) is 4.74 Å². The van der Waals surface area contributed by atoms with Crippen molar-refractivity contribution >= 4 is 28.6 Å². The molecule has 1 saturated heterocycles. The molecular formula is C16H21ClN4O2. The van der Waals surface area contributed by atoms with E-state index in [1.807, 2.05) is 31.5 Å². The molecule has 124 valence electrons. The highest BCUT2D eigenvalue weighted by atomic mass is 35.5. The lowest BCUT2D eigenvalue weighted by molar-refractivity contribution is 0.0186. The minimum atomic E-state index is -0.462. The normalized spacial score (nSPS) is 16.8. The molecule has 23 heavy (non-hydrogen) atoms. The van der Waals surface area contributed by atoms with E-state index in [1.54, 1.807) is 17.3 Å². The summed E-state index contributed by atoms with van der Waals surface area (Å²) in [5.74, 6) is 0. The molecule has 0 unspecified atom stereocenters. The van der Waals surface area contributed by atoms with Crippen molar-refractivity contribution < 1.29 is 9.53 Å². The molecule has 1 fully saturated rings. The van der Waals surface area contributed by atoms with Crippen molar-refractivity contribution in [3.63, 3.8) is 0 Å². The third-order valence-corrected chi connectivity index (χ3v) is 4.24. The number of amides is 1. The van der Waals surface area contributed by atoms with E-state index in [4.69, 9.17) is 16.3 Å². The van der Waals surface area contributed by atoms with Gasteiger partial charge in [0.05, 0.1) is 23.1 Å². The van der Waals surface area contributed by atoms with Gasteiger partial charge in [0.25, 0.3) is 0 Å². The van der Waals surface area contributed by atoms with E-state index >= 15 is 0 Å². The molecule has 7 heteroatoms. The second-order valence-electron chi connectivity index (χ2n) is 6.82. The van der Waals surface area contributed by atoms with Crippen LogP contribution in [0.25, 0.3) is 10.9 Å². The maximum atomic E-state index is 12.1. The highest BCUT2D eigenvalue weighted by molar-refractivity contribution is 6.34. The van der Waals surface area contributed by atoms with Crippen molar-refractivity contribution in [2.45, 2.75) is 45.3 Å². The number of hydrogen-bond donors (Lipinski definition) is 0.